The fraction of sp³-hybridized carbons (Fsp3) is 0.250. The van der Waals surface area contributed by atoms with Crippen LogP contribution in [-0.4, -0.2) is 5.11 Å². The van der Waals surface area contributed by atoms with Crippen molar-refractivity contribution in [1.82, 2.24) is 0 Å². The molecule has 0 aliphatic heterocycles. The summed E-state index contributed by atoms with van der Waals surface area (Å²) in [6.07, 6.45) is 0. The summed E-state index contributed by atoms with van der Waals surface area (Å²) in [5, 5.41) is 10.8. The highest BCUT2D eigenvalue weighted by molar-refractivity contribution is 9.08. The van der Waals surface area contributed by atoms with Crippen molar-refractivity contribution in [2.45, 2.75) is 10.7 Å². The Labute approximate surface area is 82.7 Å². The van der Waals surface area contributed by atoms with E-state index in [0.717, 1.165) is 21.8 Å². The Morgan fingerprint density at radius 2 is 1.45 bits per heavy atom. The van der Waals surface area contributed by atoms with Crippen molar-refractivity contribution in [2.24, 2.45) is 0 Å². The van der Waals surface area contributed by atoms with Crippen molar-refractivity contribution in [3.05, 3.63) is 29.3 Å². The molecular formula is C8H8Br2O. The number of hydrogen-bond acceptors (Lipinski definition) is 1. The van der Waals surface area contributed by atoms with Gasteiger partial charge in [-0.2, -0.15) is 0 Å². The van der Waals surface area contributed by atoms with Gasteiger partial charge in [0.05, 0.1) is 0 Å². The summed E-state index contributed by atoms with van der Waals surface area (Å²) in [5.41, 5.74) is 2.19. The molecule has 0 spiro atoms. The van der Waals surface area contributed by atoms with Crippen molar-refractivity contribution < 1.29 is 5.11 Å². The van der Waals surface area contributed by atoms with Crippen LogP contribution in [0.4, 0.5) is 0 Å². The number of phenolic OH excluding ortho intramolecular Hbond substituents is 1. The third-order valence-corrected chi connectivity index (χ3v) is 2.64. The van der Waals surface area contributed by atoms with Crippen LogP contribution in [0.3, 0.4) is 0 Å². The van der Waals surface area contributed by atoms with Crippen LogP contribution >= 0.6 is 31.9 Å². The average molecular weight is 280 g/mol. The molecule has 0 atom stereocenters. The smallest absolute Gasteiger partial charge is 0.116 e. The molecule has 1 N–H and O–H groups in total. The first-order valence-electron chi connectivity index (χ1n) is 3.20. The molecular weight excluding hydrogens is 272 g/mol. The molecule has 1 rings (SSSR count). The monoisotopic (exact) mass is 278 g/mol. The molecule has 0 bridgehead atoms. The van der Waals surface area contributed by atoms with Gasteiger partial charge in [0.2, 0.25) is 0 Å². The summed E-state index contributed by atoms with van der Waals surface area (Å²) < 4.78 is 0. The van der Waals surface area contributed by atoms with Gasteiger partial charge in [-0.25, -0.2) is 0 Å². The standard InChI is InChI=1S/C8H8Br2O/c9-4-6-1-7(5-10)3-8(11)2-6/h1-3,11H,4-5H2. The van der Waals surface area contributed by atoms with Crippen molar-refractivity contribution >= 4 is 31.9 Å². The largest absolute Gasteiger partial charge is 0.508 e. The fourth-order valence-corrected chi connectivity index (χ4v) is 1.54. The number of halogens is 2. The van der Waals surface area contributed by atoms with Crippen LogP contribution in [-0.2, 0) is 10.7 Å². The van der Waals surface area contributed by atoms with Crippen molar-refractivity contribution in [1.29, 1.82) is 0 Å². The van der Waals surface area contributed by atoms with Crippen LogP contribution in [0, 0.1) is 0 Å². The molecule has 0 saturated heterocycles. The van der Waals surface area contributed by atoms with E-state index in [1.165, 1.54) is 0 Å². The Morgan fingerprint density at radius 3 is 1.82 bits per heavy atom. The van der Waals surface area contributed by atoms with Gasteiger partial charge in [-0.3, -0.25) is 0 Å². The topological polar surface area (TPSA) is 20.2 Å². The highest BCUT2D eigenvalue weighted by Gasteiger charge is 1.97. The molecule has 1 aromatic carbocycles. The van der Waals surface area contributed by atoms with Gasteiger partial charge in [-0.15, -0.1) is 0 Å². The highest BCUT2D eigenvalue weighted by Crippen LogP contribution is 2.19. The molecule has 0 aliphatic rings. The predicted octanol–water partition coefficient (Wildman–Crippen LogP) is 3.18. The Morgan fingerprint density at radius 1 is 1.00 bits per heavy atom. The molecule has 1 aromatic rings. The molecule has 0 radical (unpaired) electrons. The van der Waals surface area contributed by atoms with Gasteiger partial charge in [-0.1, -0.05) is 37.9 Å². The van der Waals surface area contributed by atoms with Gasteiger partial charge in [-0.05, 0) is 23.3 Å². The van der Waals surface area contributed by atoms with Gasteiger partial charge < -0.3 is 5.11 Å². The zero-order valence-corrected chi connectivity index (χ0v) is 9.02. The molecule has 0 aliphatic carbocycles. The van der Waals surface area contributed by atoms with Crippen LogP contribution < -0.4 is 0 Å². The lowest BCUT2D eigenvalue weighted by atomic mass is 10.1. The molecule has 0 aromatic heterocycles. The number of aromatic hydroxyl groups is 1. The molecule has 0 heterocycles. The van der Waals surface area contributed by atoms with E-state index in [1.54, 1.807) is 12.1 Å². The summed E-state index contributed by atoms with van der Waals surface area (Å²) in [5.74, 6) is 0.330. The van der Waals surface area contributed by atoms with Gasteiger partial charge in [0.25, 0.3) is 0 Å². The maximum atomic E-state index is 9.21. The van der Waals surface area contributed by atoms with Gasteiger partial charge in [0.1, 0.15) is 5.75 Å². The highest BCUT2D eigenvalue weighted by atomic mass is 79.9. The molecule has 11 heavy (non-hydrogen) atoms. The summed E-state index contributed by atoms with van der Waals surface area (Å²) >= 11 is 6.66. The van der Waals surface area contributed by atoms with Crippen LogP contribution in [0.2, 0.25) is 0 Å². The second kappa shape index (κ2) is 4.12. The van der Waals surface area contributed by atoms with E-state index in [2.05, 4.69) is 31.9 Å². The molecule has 3 heteroatoms. The number of hydrogen-bond donors (Lipinski definition) is 1. The average Bonchev–Trinajstić information content (AvgIpc) is 2.03. The molecule has 0 saturated carbocycles. The van der Waals surface area contributed by atoms with Crippen molar-refractivity contribution in [3.8, 4) is 5.75 Å². The summed E-state index contributed by atoms with van der Waals surface area (Å²) in [6, 6.07) is 5.55. The third kappa shape index (κ3) is 2.49. The van der Waals surface area contributed by atoms with Crippen molar-refractivity contribution in [3.63, 3.8) is 0 Å². The summed E-state index contributed by atoms with van der Waals surface area (Å²) in [7, 11) is 0. The Balaban J connectivity index is 3.02. The lowest BCUT2D eigenvalue weighted by Gasteiger charge is -2.00. The molecule has 60 valence electrons. The maximum absolute atomic E-state index is 9.21. The first kappa shape index (κ1) is 9.07. The van der Waals surface area contributed by atoms with E-state index in [1.807, 2.05) is 6.07 Å². The molecule has 0 unspecified atom stereocenters. The lowest BCUT2D eigenvalue weighted by Crippen LogP contribution is -1.82. The minimum atomic E-state index is 0.330. The quantitative estimate of drug-likeness (QED) is 0.825. The zero-order chi connectivity index (χ0) is 8.27. The van der Waals surface area contributed by atoms with E-state index >= 15 is 0 Å². The Hall–Kier alpha value is -0.0200. The van der Waals surface area contributed by atoms with E-state index in [9.17, 15) is 5.11 Å². The second-order valence-electron chi connectivity index (χ2n) is 2.27. The summed E-state index contributed by atoms with van der Waals surface area (Å²) in [4.78, 5) is 0. The predicted molar refractivity (Wildman–Crippen MR) is 53.4 cm³/mol. The van der Waals surface area contributed by atoms with Crippen LogP contribution in [0.5, 0.6) is 5.75 Å². The van der Waals surface area contributed by atoms with Gasteiger partial charge in [0, 0.05) is 10.7 Å². The fourth-order valence-electron chi connectivity index (χ4n) is 0.897. The Kier molecular flexibility index (Phi) is 3.40. The van der Waals surface area contributed by atoms with Crippen LogP contribution in [0.25, 0.3) is 0 Å². The van der Waals surface area contributed by atoms with Crippen molar-refractivity contribution in [2.75, 3.05) is 0 Å². The number of benzene rings is 1. The Bertz CT molecular complexity index is 226. The van der Waals surface area contributed by atoms with E-state index in [-0.39, 0.29) is 0 Å². The SMILES string of the molecule is Oc1cc(CBr)cc(CBr)c1. The van der Waals surface area contributed by atoms with Crippen LogP contribution in [0.15, 0.2) is 18.2 Å². The van der Waals surface area contributed by atoms with Gasteiger partial charge >= 0.3 is 0 Å². The normalized spacial score (nSPS) is 10.0. The maximum Gasteiger partial charge on any atom is 0.116 e. The summed E-state index contributed by atoms with van der Waals surface area (Å²) in [6.45, 7) is 0. The molecule has 1 nitrogen and oxygen atoms in total. The van der Waals surface area contributed by atoms with E-state index in [0.29, 0.717) is 5.75 Å². The molecule has 0 fully saturated rings. The number of rotatable bonds is 2. The minimum Gasteiger partial charge on any atom is -0.508 e. The van der Waals surface area contributed by atoms with Gasteiger partial charge in [0.15, 0.2) is 0 Å². The second-order valence-corrected chi connectivity index (χ2v) is 3.40. The molecule has 0 amide bonds. The first-order valence-corrected chi connectivity index (χ1v) is 5.44. The lowest BCUT2D eigenvalue weighted by molar-refractivity contribution is 0.474. The van der Waals surface area contributed by atoms with E-state index < -0.39 is 0 Å². The van der Waals surface area contributed by atoms with Crippen LogP contribution in [0.1, 0.15) is 11.1 Å². The third-order valence-electron chi connectivity index (χ3n) is 1.35. The number of phenols is 1. The minimum absolute atomic E-state index is 0.330. The first-order chi connectivity index (χ1) is 5.26. The van der Waals surface area contributed by atoms with E-state index in [4.69, 9.17) is 0 Å². The zero-order valence-electron chi connectivity index (χ0n) is 5.85. The number of alkyl halides is 2.